The first-order chi connectivity index (χ1) is 9.29. The minimum absolute atomic E-state index is 0.0510. The van der Waals surface area contributed by atoms with E-state index in [-0.39, 0.29) is 5.69 Å². The van der Waals surface area contributed by atoms with Gasteiger partial charge in [0.15, 0.2) is 0 Å². The van der Waals surface area contributed by atoms with Gasteiger partial charge in [-0.1, -0.05) is 15.9 Å². The van der Waals surface area contributed by atoms with Crippen LogP contribution in [-0.2, 0) is 19.8 Å². The molecule has 0 spiro atoms. The highest BCUT2D eigenvalue weighted by Gasteiger charge is 2.33. The molecular weight excluding hydrogens is 335 g/mol. The number of aromatic nitrogens is 2. The smallest absolute Gasteiger partial charge is 0.380 e. The summed E-state index contributed by atoms with van der Waals surface area (Å²) in [5, 5.41) is 6.89. The molecule has 7 heteroatoms. The SMILES string of the molecule is Cc1c(CNc2cc(Br)ccc2C(F)(F)F)cnn1C. The number of anilines is 1. The van der Waals surface area contributed by atoms with Crippen molar-refractivity contribution in [1.29, 1.82) is 0 Å². The van der Waals surface area contributed by atoms with Gasteiger partial charge in [0.1, 0.15) is 0 Å². The molecule has 1 aromatic heterocycles. The number of nitrogens with zero attached hydrogens (tertiary/aromatic N) is 2. The number of aryl methyl sites for hydroxylation is 1. The molecule has 0 saturated heterocycles. The lowest BCUT2D eigenvalue weighted by atomic mass is 10.1. The highest BCUT2D eigenvalue weighted by atomic mass is 79.9. The molecule has 0 bridgehead atoms. The number of benzene rings is 1. The summed E-state index contributed by atoms with van der Waals surface area (Å²) in [6, 6.07) is 3.86. The molecule has 0 atom stereocenters. The van der Waals surface area contributed by atoms with Gasteiger partial charge in [-0.15, -0.1) is 0 Å². The summed E-state index contributed by atoms with van der Waals surface area (Å²) in [5.41, 5.74) is 1.15. The Kier molecular flexibility index (Phi) is 4.08. The second-order valence-electron chi connectivity index (χ2n) is 4.42. The van der Waals surface area contributed by atoms with Crippen LogP contribution in [0, 0.1) is 6.92 Å². The Bertz CT molecular complexity index is 620. The van der Waals surface area contributed by atoms with E-state index in [2.05, 4.69) is 26.3 Å². The monoisotopic (exact) mass is 347 g/mol. The molecule has 0 aliphatic rings. The quantitative estimate of drug-likeness (QED) is 0.904. The molecule has 20 heavy (non-hydrogen) atoms. The van der Waals surface area contributed by atoms with E-state index in [9.17, 15) is 13.2 Å². The molecule has 0 unspecified atom stereocenters. The maximum atomic E-state index is 12.9. The first kappa shape index (κ1) is 14.9. The number of hydrogen-bond donors (Lipinski definition) is 1. The van der Waals surface area contributed by atoms with Crippen LogP contribution in [0.15, 0.2) is 28.9 Å². The van der Waals surface area contributed by atoms with Gasteiger partial charge >= 0.3 is 6.18 Å². The fourth-order valence-corrected chi connectivity index (χ4v) is 2.18. The maximum absolute atomic E-state index is 12.9. The van der Waals surface area contributed by atoms with E-state index < -0.39 is 11.7 Å². The highest BCUT2D eigenvalue weighted by molar-refractivity contribution is 9.10. The third kappa shape index (κ3) is 3.15. The van der Waals surface area contributed by atoms with E-state index in [1.54, 1.807) is 17.9 Å². The van der Waals surface area contributed by atoms with Crippen LogP contribution in [-0.4, -0.2) is 9.78 Å². The van der Waals surface area contributed by atoms with Crippen molar-refractivity contribution in [2.75, 3.05) is 5.32 Å². The van der Waals surface area contributed by atoms with Gasteiger partial charge in [0.05, 0.1) is 11.8 Å². The summed E-state index contributed by atoms with van der Waals surface area (Å²) in [7, 11) is 1.79. The lowest BCUT2D eigenvalue weighted by molar-refractivity contribution is -0.137. The fourth-order valence-electron chi connectivity index (χ4n) is 1.82. The Labute approximate surface area is 122 Å². The van der Waals surface area contributed by atoms with Crippen LogP contribution < -0.4 is 5.32 Å². The molecule has 1 aromatic carbocycles. The Morgan fingerprint density at radius 1 is 1.35 bits per heavy atom. The molecule has 0 saturated carbocycles. The summed E-state index contributed by atoms with van der Waals surface area (Å²) < 4.78 is 41.0. The number of halogens is 4. The fraction of sp³-hybridized carbons (Fsp3) is 0.308. The van der Waals surface area contributed by atoms with Crippen molar-refractivity contribution in [3.05, 3.63) is 45.7 Å². The van der Waals surface area contributed by atoms with E-state index in [1.165, 1.54) is 12.1 Å². The van der Waals surface area contributed by atoms with Gasteiger partial charge in [-0.25, -0.2) is 0 Å². The summed E-state index contributed by atoms with van der Waals surface area (Å²) >= 11 is 3.18. The van der Waals surface area contributed by atoms with Crippen molar-refractivity contribution in [1.82, 2.24) is 9.78 Å². The normalized spacial score (nSPS) is 11.7. The van der Waals surface area contributed by atoms with Crippen molar-refractivity contribution in [3.8, 4) is 0 Å². The zero-order valence-electron chi connectivity index (χ0n) is 10.9. The van der Waals surface area contributed by atoms with Gasteiger partial charge in [0.2, 0.25) is 0 Å². The van der Waals surface area contributed by atoms with Crippen LogP contribution in [0.25, 0.3) is 0 Å². The van der Waals surface area contributed by atoms with Gasteiger partial charge in [0, 0.05) is 35.0 Å². The summed E-state index contributed by atoms with van der Waals surface area (Å²) in [6.45, 7) is 2.16. The lowest BCUT2D eigenvalue weighted by Crippen LogP contribution is -2.11. The zero-order chi connectivity index (χ0) is 14.9. The topological polar surface area (TPSA) is 29.9 Å². The maximum Gasteiger partial charge on any atom is 0.418 e. The lowest BCUT2D eigenvalue weighted by Gasteiger charge is -2.15. The predicted molar refractivity (Wildman–Crippen MR) is 74.4 cm³/mol. The second-order valence-corrected chi connectivity index (χ2v) is 5.34. The largest absolute Gasteiger partial charge is 0.418 e. The van der Waals surface area contributed by atoms with Crippen molar-refractivity contribution in [2.45, 2.75) is 19.6 Å². The molecule has 3 nitrogen and oxygen atoms in total. The van der Waals surface area contributed by atoms with E-state index >= 15 is 0 Å². The summed E-state index contributed by atoms with van der Waals surface area (Å²) in [6.07, 6.45) is -2.74. The van der Waals surface area contributed by atoms with Crippen LogP contribution in [0.1, 0.15) is 16.8 Å². The minimum Gasteiger partial charge on any atom is -0.380 e. The molecular formula is C13H13BrF3N3. The first-order valence-electron chi connectivity index (χ1n) is 5.87. The van der Waals surface area contributed by atoms with E-state index in [0.717, 1.165) is 17.3 Å². The Balaban J connectivity index is 2.25. The zero-order valence-corrected chi connectivity index (χ0v) is 12.5. The number of alkyl halides is 3. The molecule has 0 aliphatic heterocycles. The molecule has 108 valence electrons. The van der Waals surface area contributed by atoms with Crippen molar-refractivity contribution < 1.29 is 13.2 Å². The number of rotatable bonds is 3. The Morgan fingerprint density at radius 2 is 2.05 bits per heavy atom. The number of hydrogen-bond acceptors (Lipinski definition) is 2. The van der Waals surface area contributed by atoms with Crippen molar-refractivity contribution in [3.63, 3.8) is 0 Å². The van der Waals surface area contributed by atoms with Gasteiger partial charge in [-0.05, 0) is 25.1 Å². The average Bonchev–Trinajstić information content (AvgIpc) is 2.66. The molecule has 2 rings (SSSR count). The molecule has 1 N–H and O–H groups in total. The van der Waals surface area contributed by atoms with Gasteiger partial charge in [0.25, 0.3) is 0 Å². The predicted octanol–water partition coefficient (Wildman–Crippen LogP) is 4.12. The second kappa shape index (κ2) is 5.47. The minimum atomic E-state index is -4.38. The van der Waals surface area contributed by atoms with E-state index in [1.807, 2.05) is 6.92 Å². The molecule has 0 radical (unpaired) electrons. The summed E-state index contributed by atoms with van der Waals surface area (Å²) in [4.78, 5) is 0. The molecule has 0 fully saturated rings. The molecule has 1 heterocycles. The van der Waals surface area contributed by atoms with E-state index in [0.29, 0.717) is 11.0 Å². The number of nitrogens with one attached hydrogen (secondary N) is 1. The Morgan fingerprint density at radius 3 is 2.60 bits per heavy atom. The van der Waals surface area contributed by atoms with Crippen LogP contribution in [0.4, 0.5) is 18.9 Å². The van der Waals surface area contributed by atoms with Crippen LogP contribution in [0.2, 0.25) is 0 Å². The van der Waals surface area contributed by atoms with E-state index in [4.69, 9.17) is 0 Å². The third-order valence-corrected chi connectivity index (χ3v) is 3.59. The Hall–Kier alpha value is -1.50. The van der Waals surface area contributed by atoms with Gasteiger partial charge in [-0.3, -0.25) is 4.68 Å². The van der Waals surface area contributed by atoms with Gasteiger partial charge in [-0.2, -0.15) is 18.3 Å². The molecule has 2 aromatic rings. The first-order valence-corrected chi connectivity index (χ1v) is 6.66. The molecule has 0 aliphatic carbocycles. The molecule has 0 amide bonds. The highest BCUT2D eigenvalue weighted by Crippen LogP contribution is 2.36. The van der Waals surface area contributed by atoms with Crippen molar-refractivity contribution in [2.24, 2.45) is 7.05 Å². The summed E-state index contributed by atoms with van der Waals surface area (Å²) in [5.74, 6) is 0. The average molecular weight is 348 g/mol. The standard InChI is InChI=1S/C13H13BrF3N3/c1-8-9(7-19-20(8)2)6-18-12-5-10(14)3-4-11(12)13(15,16)17/h3-5,7,18H,6H2,1-2H3. The third-order valence-electron chi connectivity index (χ3n) is 3.09. The van der Waals surface area contributed by atoms with Crippen molar-refractivity contribution >= 4 is 21.6 Å². The van der Waals surface area contributed by atoms with Crippen LogP contribution in [0.5, 0.6) is 0 Å². The van der Waals surface area contributed by atoms with Crippen LogP contribution >= 0.6 is 15.9 Å². The van der Waals surface area contributed by atoms with Gasteiger partial charge < -0.3 is 5.32 Å². The van der Waals surface area contributed by atoms with Crippen LogP contribution in [0.3, 0.4) is 0 Å².